The number of rotatable bonds is 5. The molecule has 1 aliphatic heterocycles. The largest absolute Gasteiger partial charge is 0.356 e. The van der Waals surface area contributed by atoms with Crippen LogP contribution in [0.25, 0.3) is 0 Å². The molecule has 1 fully saturated rings. The molecule has 1 aliphatic rings. The van der Waals surface area contributed by atoms with Crippen molar-refractivity contribution in [2.75, 3.05) is 31.6 Å². The molecule has 3 rings (SSSR count). The van der Waals surface area contributed by atoms with Gasteiger partial charge in [0, 0.05) is 69.8 Å². The van der Waals surface area contributed by atoms with Crippen LogP contribution in [0.3, 0.4) is 0 Å². The molecule has 0 bridgehead atoms. The lowest BCUT2D eigenvalue weighted by atomic mass is 10.0. The predicted octanol–water partition coefficient (Wildman–Crippen LogP) is 1.66. The van der Waals surface area contributed by atoms with Gasteiger partial charge in [0.1, 0.15) is 12.1 Å². The van der Waals surface area contributed by atoms with Crippen LogP contribution >= 0.6 is 0 Å². The number of piperidine rings is 1. The Morgan fingerprint density at radius 1 is 1.26 bits per heavy atom. The first-order valence-electron chi connectivity index (χ1n) is 8.34. The molecule has 23 heavy (non-hydrogen) atoms. The van der Waals surface area contributed by atoms with E-state index in [1.807, 2.05) is 24.9 Å². The molecule has 2 aromatic heterocycles. The summed E-state index contributed by atoms with van der Waals surface area (Å²) in [5.41, 5.74) is 2.33. The molecule has 124 valence electrons. The van der Waals surface area contributed by atoms with Crippen LogP contribution in [-0.2, 0) is 13.5 Å². The molecule has 6 heteroatoms. The Hall–Kier alpha value is -1.95. The van der Waals surface area contributed by atoms with Gasteiger partial charge in [-0.3, -0.25) is 4.68 Å². The highest BCUT2D eigenvalue weighted by Crippen LogP contribution is 2.20. The summed E-state index contributed by atoms with van der Waals surface area (Å²) in [7, 11) is 4.16. The van der Waals surface area contributed by atoms with E-state index in [1.54, 1.807) is 6.33 Å². The van der Waals surface area contributed by atoms with Gasteiger partial charge >= 0.3 is 0 Å². The van der Waals surface area contributed by atoms with Crippen molar-refractivity contribution in [3.05, 3.63) is 36.0 Å². The van der Waals surface area contributed by atoms with E-state index in [4.69, 9.17) is 0 Å². The van der Waals surface area contributed by atoms with Gasteiger partial charge in [-0.1, -0.05) is 0 Å². The highest BCUT2D eigenvalue weighted by molar-refractivity contribution is 5.39. The van der Waals surface area contributed by atoms with Gasteiger partial charge in [-0.2, -0.15) is 5.10 Å². The molecule has 0 N–H and O–H groups in total. The third kappa shape index (κ3) is 3.88. The smallest absolute Gasteiger partial charge is 0.132 e. The zero-order chi connectivity index (χ0) is 16.2. The number of hydrogen-bond donors (Lipinski definition) is 0. The molecule has 1 saturated heterocycles. The van der Waals surface area contributed by atoms with Crippen LogP contribution < -0.4 is 4.90 Å². The van der Waals surface area contributed by atoms with Crippen molar-refractivity contribution in [2.24, 2.45) is 7.05 Å². The average molecular weight is 314 g/mol. The van der Waals surface area contributed by atoms with Gasteiger partial charge in [0.2, 0.25) is 0 Å². The minimum Gasteiger partial charge on any atom is -0.356 e. The Kier molecular flexibility index (Phi) is 4.91. The van der Waals surface area contributed by atoms with Crippen molar-refractivity contribution in [3.63, 3.8) is 0 Å². The molecule has 0 radical (unpaired) electrons. The first-order chi connectivity index (χ1) is 11.1. The fourth-order valence-electron chi connectivity index (χ4n) is 3.27. The zero-order valence-corrected chi connectivity index (χ0v) is 14.3. The van der Waals surface area contributed by atoms with Gasteiger partial charge in [-0.05, 0) is 25.8 Å². The van der Waals surface area contributed by atoms with Gasteiger partial charge in [0.05, 0.1) is 0 Å². The van der Waals surface area contributed by atoms with Crippen molar-refractivity contribution >= 4 is 5.82 Å². The molecule has 0 saturated carbocycles. The minimum absolute atomic E-state index is 0.567. The van der Waals surface area contributed by atoms with Crippen molar-refractivity contribution < 1.29 is 0 Å². The Morgan fingerprint density at radius 3 is 2.70 bits per heavy atom. The van der Waals surface area contributed by atoms with E-state index in [0.29, 0.717) is 6.04 Å². The van der Waals surface area contributed by atoms with Crippen molar-refractivity contribution in [2.45, 2.75) is 32.2 Å². The zero-order valence-electron chi connectivity index (χ0n) is 14.3. The lowest BCUT2D eigenvalue weighted by Gasteiger charge is -2.37. The van der Waals surface area contributed by atoms with E-state index in [9.17, 15) is 0 Å². The van der Waals surface area contributed by atoms with Crippen LogP contribution in [0.1, 0.15) is 24.2 Å². The van der Waals surface area contributed by atoms with Crippen molar-refractivity contribution in [3.8, 4) is 0 Å². The van der Waals surface area contributed by atoms with Gasteiger partial charge < -0.3 is 9.80 Å². The summed E-state index contributed by atoms with van der Waals surface area (Å²) >= 11 is 0. The molecule has 0 unspecified atom stereocenters. The van der Waals surface area contributed by atoms with Crippen LogP contribution in [0, 0.1) is 6.92 Å². The second-order valence-corrected chi connectivity index (χ2v) is 6.40. The summed E-state index contributed by atoms with van der Waals surface area (Å²) in [5.74, 6) is 1.03. The van der Waals surface area contributed by atoms with Crippen molar-refractivity contribution in [1.82, 2.24) is 24.6 Å². The first-order valence-corrected chi connectivity index (χ1v) is 8.34. The molecule has 3 heterocycles. The molecule has 0 aromatic carbocycles. The van der Waals surface area contributed by atoms with Gasteiger partial charge in [0.15, 0.2) is 0 Å². The maximum Gasteiger partial charge on any atom is 0.132 e. The monoisotopic (exact) mass is 314 g/mol. The summed E-state index contributed by atoms with van der Waals surface area (Å²) < 4.78 is 1.97. The molecule has 0 spiro atoms. The van der Waals surface area contributed by atoms with E-state index < -0.39 is 0 Å². The van der Waals surface area contributed by atoms with Gasteiger partial charge in [0.25, 0.3) is 0 Å². The Morgan fingerprint density at radius 2 is 2.04 bits per heavy atom. The minimum atomic E-state index is 0.567. The quantitative estimate of drug-likeness (QED) is 0.840. The maximum atomic E-state index is 4.41. The van der Waals surface area contributed by atoms with Gasteiger partial charge in [-0.15, -0.1) is 0 Å². The fourth-order valence-corrected chi connectivity index (χ4v) is 3.27. The summed E-state index contributed by atoms with van der Waals surface area (Å²) in [5, 5.41) is 4.24. The third-order valence-electron chi connectivity index (χ3n) is 4.86. The molecule has 0 aliphatic carbocycles. The standard InChI is InChI=1S/C17H26N6/c1-14-12-17(19-13-18-14)21(2)15-5-9-23(10-6-15)11-7-16-4-8-20-22(16)3/h4,8,12-13,15H,5-7,9-11H2,1-3H3. The highest BCUT2D eigenvalue weighted by Gasteiger charge is 2.23. The number of hydrogen-bond acceptors (Lipinski definition) is 5. The topological polar surface area (TPSA) is 50.1 Å². The van der Waals surface area contributed by atoms with Crippen LogP contribution in [0.15, 0.2) is 24.7 Å². The number of aryl methyl sites for hydroxylation is 2. The molecular weight excluding hydrogens is 288 g/mol. The number of aromatic nitrogens is 4. The molecule has 6 nitrogen and oxygen atoms in total. The first kappa shape index (κ1) is 15.9. The predicted molar refractivity (Wildman–Crippen MR) is 91.5 cm³/mol. The van der Waals surface area contributed by atoms with E-state index >= 15 is 0 Å². The molecular formula is C17H26N6. The summed E-state index contributed by atoms with van der Waals surface area (Å²) in [6.07, 6.45) is 6.97. The Bertz CT molecular complexity index is 630. The van der Waals surface area contributed by atoms with E-state index in [0.717, 1.165) is 37.6 Å². The molecule has 0 atom stereocenters. The lowest BCUT2D eigenvalue weighted by molar-refractivity contribution is 0.212. The van der Waals surface area contributed by atoms with Crippen LogP contribution in [0.2, 0.25) is 0 Å². The Balaban J connectivity index is 1.49. The second kappa shape index (κ2) is 7.08. The summed E-state index contributed by atoms with van der Waals surface area (Å²) in [6.45, 7) is 5.43. The Labute approximate surface area is 138 Å². The average Bonchev–Trinajstić information content (AvgIpc) is 2.98. The highest BCUT2D eigenvalue weighted by atomic mass is 15.3. The van der Waals surface area contributed by atoms with E-state index in [-0.39, 0.29) is 0 Å². The van der Waals surface area contributed by atoms with Crippen LogP contribution in [-0.4, -0.2) is 57.4 Å². The van der Waals surface area contributed by atoms with Crippen LogP contribution in [0.5, 0.6) is 0 Å². The lowest BCUT2D eigenvalue weighted by Crippen LogP contribution is -2.44. The van der Waals surface area contributed by atoms with E-state index in [2.05, 4.69) is 44.0 Å². The van der Waals surface area contributed by atoms with Crippen molar-refractivity contribution in [1.29, 1.82) is 0 Å². The number of anilines is 1. The number of nitrogens with zero attached hydrogens (tertiary/aromatic N) is 6. The SMILES string of the molecule is Cc1cc(N(C)C2CCN(CCc3ccnn3C)CC2)ncn1. The van der Waals surface area contributed by atoms with Crippen LogP contribution in [0.4, 0.5) is 5.82 Å². The van der Waals surface area contributed by atoms with Gasteiger partial charge in [-0.25, -0.2) is 9.97 Å². The molecule has 0 amide bonds. The maximum absolute atomic E-state index is 4.41. The second-order valence-electron chi connectivity index (χ2n) is 6.40. The summed E-state index contributed by atoms with van der Waals surface area (Å²) in [4.78, 5) is 13.5. The third-order valence-corrected chi connectivity index (χ3v) is 4.86. The molecule has 2 aromatic rings. The fraction of sp³-hybridized carbons (Fsp3) is 0.588. The van der Waals surface area contributed by atoms with E-state index in [1.165, 1.54) is 18.5 Å². The number of likely N-dealkylation sites (tertiary alicyclic amines) is 1. The summed E-state index contributed by atoms with van der Waals surface area (Å²) in [6, 6.07) is 4.74. The normalized spacial score (nSPS) is 16.7.